The second-order valence-corrected chi connectivity index (χ2v) is 5.06. The van der Waals surface area contributed by atoms with Crippen molar-refractivity contribution in [3.05, 3.63) is 34.9 Å². The molecule has 94 valence electrons. The number of imide groups is 1. The molecule has 4 nitrogen and oxygen atoms in total. The molecule has 0 N–H and O–H groups in total. The number of halogens is 1. The van der Waals surface area contributed by atoms with E-state index in [1.165, 1.54) is 4.90 Å². The summed E-state index contributed by atoms with van der Waals surface area (Å²) in [6, 6.07) is 6.88. The van der Waals surface area contributed by atoms with Crippen molar-refractivity contribution in [2.75, 3.05) is 6.54 Å². The maximum absolute atomic E-state index is 12.1. The van der Waals surface area contributed by atoms with Gasteiger partial charge in [0.1, 0.15) is 6.04 Å². The van der Waals surface area contributed by atoms with E-state index in [0.717, 1.165) is 18.4 Å². The summed E-state index contributed by atoms with van der Waals surface area (Å²) >= 11 is 6.06. The van der Waals surface area contributed by atoms with Crippen LogP contribution < -0.4 is 0 Å². The fourth-order valence-electron chi connectivity index (χ4n) is 2.62. The Labute approximate surface area is 110 Å². The van der Waals surface area contributed by atoms with Crippen molar-refractivity contribution < 1.29 is 9.59 Å². The molecule has 0 aliphatic carbocycles. The van der Waals surface area contributed by atoms with Crippen molar-refractivity contribution >= 4 is 23.5 Å². The third-order valence-electron chi connectivity index (χ3n) is 3.57. The van der Waals surface area contributed by atoms with E-state index in [2.05, 4.69) is 0 Å². The van der Waals surface area contributed by atoms with E-state index in [-0.39, 0.29) is 24.5 Å². The highest BCUT2D eigenvalue weighted by Crippen LogP contribution is 2.29. The Kier molecular flexibility index (Phi) is 2.74. The zero-order valence-electron chi connectivity index (χ0n) is 9.80. The van der Waals surface area contributed by atoms with Gasteiger partial charge in [-0.1, -0.05) is 29.8 Å². The smallest absolute Gasteiger partial charge is 0.312 e. The van der Waals surface area contributed by atoms with Crippen LogP contribution in [0.25, 0.3) is 0 Å². The molecule has 2 saturated heterocycles. The monoisotopic (exact) mass is 264 g/mol. The Bertz CT molecular complexity index is 495. The summed E-state index contributed by atoms with van der Waals surface area (Å²) in [5.41, 5.74) is 0.807. The fraction of sp³-hybridized carbons (Fsp3) is 0.385. The molecule has 0 radical (unpaired) electrons. The number of fused-ring (bicyclic) bond motifs is 1. The lowest BCUT2D eigenvalue weighted by atomic mass is 10.2. The number of rotatable bonds is 2. The van der Waals surface area contributed by atoms with Crippen LogP contribution in [0, 0.1) is 0 Å². The van der Waals surface area contributed by atoms with Crippen LogP contribution in [-0.4, -0.2) is 34.3 Å². The second kappa shape index (κ2) is 4.28. The molecule has 3 amide bonds. The van der Waals surface area contributed by atoms with Gasteiger partial charge in [0.25, 0.3) is 5.91 Å². The molecule has 0 aromatic heterocycles. The molecule has 0 bridgehead atoms. The molecule has 1 aromatic rings. The molecule has 2 fully saturated rings. The quantitative estimate of drug-likeness (QED) is 0.769. The van der Waals surface area contributed by atoms with Gasteiger partial charge in [-0.2, -0.15) is 0 Å². The molecule has 0 saturated carbocycles. The molecule has 1 aromatic carbocycles. The van der Waals surface area contributed by atoms with Crippen LogP contribution in [0.1, 0.15) is 18.4 Å². The number of amides is 3. The standard InChI is InChI=1S/C13H13ClN2O2/c14-10-5-2-1-4-9(10)8-16-12(17)11-6-3-7-15(11)13(16)18/h1-2,4-5,11H,3,6-8H2. The average molecular weight is 265 g/mol. The fourth-order valence-corrected chi connectivity index (χ4v) is 2.82. The van der Waals surface area contributed by atoms with Gasteiger partial charge in [0.2, 0.25) is 0 Å². The summed E-state index contributed by atoms with van der Waals surface area (Å²) in [5.74, 6) is -0.0857. The largest absolute Gasteiger partial charge is 0.327 e. The van der Waals surface area contributed by atoms with E-state index in [0.29, 0.717) is 11.6 Å². The first-order valence-corrected chi connectivity index (χ1v) is 6.41. The number of benzene rings is 1. The highest BCUT2D eigenvalue weighted by atomic mass is 35.5. The van der Waals surface area contributed by atoms with Crippen molar-refractivity contribution in [2.45, 2.75) is 25.4 Å². The first-order chi connectivity index (χ1) is 8.68. The Hall–Kier alpha value is -1.55. The van der Waals surface area contributed by atoms with Crippen molar-refractivity contribution in [3.63, 3.8) is 0 Å². The van der Waals surface area contributed by atoms with Gasteiger partial charge in [0.15, 0.2) is 0 Å². The van der Waals surface area contributed by atoms with Gasteiger partial charge >= 0.3 is 6.03 Å². The van der Waals surface area contributed by atoms with Crippen LogP contribution in [0.15, 0.2) is 24.3 Å². The van der Waals surface area contributed by atoms with Gasteiger partial charge in [-0.05, 0) is 24.5 Å². The van der Waals surface area contributed by atoms with E-state index < -0.39 is 0 Å². The van der Waals surface area contributed by atoms with Crippen molar-refractivity contribution in [1.82, 2.24) is 9.80 Å². The molecule has 2 aliphatic heterocycles. The third kappa shape index (κ3) is 1.68. The van der Waals surface area contributed by atoms with Gasteiger partial charge in [-0.15, -0.1) is 0 Å². The number of nitrogens with zero attached hydrogens (tertiary/aromatic N) is 2. The summed E-state index contributed by atoms with van der Waals surface area (Å²) in [4.78, 5) is 27.2. The van der Waals surface area contributed by atoms with Crippen LogP contribution in [0.2, 0.25) is 5.02 Å². The van der Waals surface area contributed by atoms with Gasteiger partial charge in [-0.25, -0.2) is 4.79 Å². The number of urea groups is 1. The van der Waals surface area contributed by atoms with Gasteiger partial charge in [0.05, 0.1) is 6.54 Å². The maximum atomic E-state index is 12.1. The minimum Gasteiger partial charge on any atom is -0.312 e. The molecule has 1 unspecified atom stereocenters. The van der Waals surface area contributed by atoms with Crippen molar-refractivity contribution in [2.24, 2.45) is 0 Å². The Morgan fingerprint density at radius 2 is 2.06 bits per heavy atom. The Morgan fingerprint density at radius 1 is 1.28 bits per heavy atom. The van der Waals surface area contributed by atoms with Crippen LogP contribution >= 0.6 is 11.6 Å². The summed E-state index contributed by atoms with van der Waals surface area (Å²) < 4.78 is 0. The predicted molar refractivity (Wildman–Crippen MR) is 67.1 cm³/mol. The highest BCUT2D eigenvalue weighted by Gasteiger charge is 2.47. The molecule has 5 heteroatoms. The molecule has 2 aliphatic rings. The van der Waals surface area contributed by atoms with E-state index >= 15 is 0 Å². The van der Waals surface area contributed by atoms with E-state index in [1.807, 2.05) is 18.2 Å². The van der Waals surface area contributed by atoms with Crippen LogP contribution in [0.4, 0.5) is 4.79 Å². The summed E-state index contributed by atoms with van der Waals surface area (Å²) in [5, 5.41) is 0.588. The normalized spacial score (nSPS) is 22.8. The topological polar surface area (TPSA) is 40.6 Å². The van der Waals surface area contributed by atoms with E-state index in [4.69, 9.17) is 11.6 Å². The number of carbonyl (C=O) groups excluding carboxylic acids is 2. The summed E-state index contributed by atoms with van der Waals surface area (Å²) in [7, 11) is 0. The lowest BCUT2D eigenvalue weighted by Crippen LogP contribution is -2.32. The Morgan fingerprint density at radius 3 is 2.78 bits per heavy atom. The first-order valence-electron chi connectivity index (χ1n) is 6.04. The van der Waals surface area contributed by atoms with Crippen LogP contribution in [0.5, 0.6) is 0 Å². The zero-order chi connectivity index (χ0) is 12.7. The predicted octanol–water partition coefficient (Wildman–Crippen LogP) is 2.27. The lowest BCUT2D eigenvalue weighted by Gasteiger charge is -2.16. The Balaban J connectivity index is 1.84. The molecule has 18 heavy (non-hydrogen) atoms. The second-order valence-electron chi connectivity index (χ2n) is 4.65. The van der Waals surface area contributed by atoms with Gasteiger partial charge in [0, 0.05) is 11.6 Å². The van der Waals surface area contributed by atoms with E-state index in [9.17, 15) is 9.59 Å². The first kappa shape index (κ1) is 11.5. The van der Waals surface area contributed by atoms with Crippen molar-refractivity contribution in [1.29, 1.82) is 0 Å². The zero-order valence-corrected chi connectivity index (χ0v) is 10.6. The third-order valence-corrected chi connectivity index (χ3v) is 3.94. The van der Waals surface area contributed by atoms with Crippen molar-refractivity contribution in [3.8, 4) is 0 Å². The number of hydrogen-bond donors (Lipinski definition) is 0. The number of carbonyl (C=O) groups is 2. The summed E-state index contributed by atoms with van der Waals surface area (Å²) in [6.07, 6.45) is 1.70. The average Bonchev–Trinajstić information content (AvgIpc) is 2.92. The van der Waals surface area contributed by atoms with Gasteiger partial charge in [-0.3, -0.25) is 9.69 Å². The molecular formula is C13H13ClN2O2. The van der Waals surface area contributed by atoms with Crippen LogP contribution in [-0.2, 0) is 11.3 Å². The molecule has 2 heterocycles. The van der Waals surface area contributed by atoms with Gasteiger partial charge < -0.3 is 4.90 Å². The molecule has 3 rings (SSSR count). The minimum atomic E-state index is -0.236. The molecule has 0 spiro atoms. The highest BCUT2D eigenvalue weighted by molar-refractivity contribution is 6.31. The minimum absolute atomic E-state index is 0.0857. The summed E-state index contributed by atoms with van der Waals surface area (Å²) in [6.45, 7) is 0.957. The molecule has 1 atom stereocenters. The number of hydrogen-bond acceptors (Lipinski definition) is 2. The maximum Gasteiger partial charge on any atom is 0.327 e. The van der Waals surface area contributed by atoms with E-state index in [1.54, 1.807) is 11.0 Å². The molecular weight excluding hydrogens is 252 g/mol. The lowest BCUT2D eigenvalue weighted by molar-refractivity contribution is -0.128. The van der Waals surface area contributed by atoms with Crippen LogP contribution in [0.3, 0.4) is 0 Å². The SMILES string of the molecule is O=C1C2CCCN2C(=O)N1Cc1ccccc1Cl.